The van der Waals surface area contributed by atoms with Crippen molar-refractivity contribution < 1.29 is 13.7 Å². The number of nitrogens with one attached hydrogen (secondary N) is 1. The third-order valence-electron chi connectivity index (χ3n) is 6.60. The Labute approximate surface area is 184 Å². The SMILES string of the molecule is Cc1ccc([S+]([O-])[C@@H]2C[C@@H]3N[C@@H]2[C@@H](c2ccccc2)[C@H](c2ccc(F)cc2)C3=O)cc1. The molecule has 2 fully saturated rings. The third kappa shape index (κ3) is 3.71. The number of Topliss-reactive ketones (excluding diaryl/α,β-unsaturated/α-hetero) is 1. The first-order valence-electron chi connectivity index (χ1n) is 10.6. The quantitative estimate of drug-likeness (QED) is 0.617. The van der Waals surface area contributed by atoms with Crippen LogP contribution < -0.4 is 5.32 Å². The van der Waals surface area contributed by atoms with Crippen molar-refractivity contribution in [2.75, 3.05) is 0 Å². The molecule has 1 unspecified atom stereocenters. The molecular weight excluding hydrogens is 409 g/mol. The second kappa shape index (κ2) is 8.23. The molecule has 2 aliphatic rings. The molecule has 0 spiro atoms. The van der Waals surface area contributed by atoms with E-state index in [1.165, 1.54) is 12.1 Å². The van der Waals surface area contributed by atoms with Gasteiger partial charge in [0.2, 0.25) is 0 Å². The van der Waals surface area contributed by atoms with Gasteiger partial charge in [-0.05, 0) is 53.5 Å². The van der Waals surface area contributed by atoms with Crippen molar-refractivity contribution in [3.8, 4) is 0 Å². The Kier molecular flexibility index (Phi) is 5.42. The van der Waals surface area contributed by atoms with Crippen LogP contribution >= 0.6 is 0 Å². The van der Waals surface area contributed by atoms with E-state index >= 15 is 0 Å². The van der Waals surface area contributed by atoms with Crippen molar-refractivity contribution in [3.05, 3.63) is 101 Å². The highest BCUT2D eigenvalue weighted by Gasteiger charge is 2.56. The van der Waals surface area contributed by atoms with Gasteiger partial charge in [0.05, 0.1) is 18.0 Å². The zero-order chi connectivity index (χ0) is 21.5. The summed E-state index contributed by atoms with van der Waals surface area (Å²) in [4.78, 5) is 14.3. The van der Waals surface area contributed by atoms with Crippen LogP contribution in [0.15, 0.2) is 83.8 Å². The van der Waals surface area contributed by atoms with E-state index in [1.54, 1.807) is 12.1 Å². The Morgan fingerprint density at radius 2 is 1.61 bits per heavy atom. The monoisotopic (exact) mass is 433 g/mol. The van der Waals surface area contributed by atoms with Crippen LogP contribution in [0.25, 0.3) is 0 Å². The Hall–Kier alpha value is -2.47. The van der Waals surface area contributed by atoms with Gasteiger partial charge in [0, 0.05) is 12.3 Å². The molecule has 2 bridgehead atoms. The molecule has 0 radical (unpaired) electrons. The van der Waals surface area contributed by atoms with Gasteiger partial charge in [0.25, 0.3) is 0 Å². The number of hydrogen-bond acceptors (Lipinski definition) is 3. The number of carbonyl (C=O) groups is 1. The minimum Gasteiger partial charge on any atom is -0.611 e. The van der Waals surface area contributed by atoms with Crippen LogP contribution in [0, 0.1) is 12.7 Å². The van der Waals surface area contributed by atoms with Crippen LogP contribution in [-0.2, 0) is 16.0 Å². The standard InChI is InChI=1S/C26H24FNO2S/c1-16-7-13-20(14-8-16)31(30)22-15-21-26(29)24(18-9-11-19(27)12-10-18)23(25(22)28-21)17-5-3-2-4-6-17/h2-14,21-25,28H,15H2,1H3/t21-,22+,23-,24-,25-,31?/m0/s1. The minimum absolute atomic E-state index is 0.0973. The number of halogens is 1. The summed E-state index contributed by atoms with van der Waals surface area (Å²) in [7, 11) is 0. The van der Waals surface area contributed by atoms with Crippen LogP contribution in [0.3, 0.4) is 0 Å². The van der Waals surface area contributed by atoms with E-state index in [1.807, 2.05) is 61.5 Å². The highest BCUT2D eigenvalue weighted by molar-refractivity contribution is 7.92. The van der Waals surface area contributed by atoms with E-state index in [9.17, 15) is 13.7 Å². The molecule has 0 saturated carbocycles. The highest BCUT2D eigenvalue weighted by atomic mass is 32.2. The van der Waals surface area contributed by atoms with Crippen molar-refractivity contribution in [1.82, 2.24) is 5.32 Å². The topological polar surface area (TPSA) is 52.2 Å². The maximum atomic E-state index is 13.6. The number of hydrogen-bond donors (Lipinski definition) is 1. The lowest BCUT2D eigenvalue weighted by Crippen LogP contribution is -2.52. The fourth-order valence-corrected chi connectivity index (χ4v) is 6.74. The molecule has 0 aromatic heterocycles. The first-order valence-corrected chi connectivity index (χ1v) is 11.8. The lowest BCUT2D eigenvalue weighted by atomic mass is 9.73. The van der Waals surface area contributed by atoms with E-state index in [2.05, 4.69) is 5.32 Å². The van der Waals surface area contributed by atoms with E-state index in [0.717, 1.165) is 21.6 Å². The van der Waals surface area contributed by atoms with Crippen LogP contribution in [0.5, 0.6) is 0 Å². The van der Waals surface area contributed by atoms with E-state index in [-0.39, 0.29) is 40.8 Å². The molecule has 0 aliphatic carbocycles. The van der Waals surface area contributed by atoms with Gasteiger partial charge >= 0.3 is 0 Å². The predicted octanol–water partition coefficient (Wildman–Crippen LogP) is 4.49. The summed E-state index contributed by atoms with van der Waals surface area (Å²) in [5, 5.41) is 3.32. The van der Waals surface area contributed by atoms with Crippen LogP contribution in [-0.4, -0.2) is 27.7 Å². The van der Waals surface area contributed by atoms with E-state index in [0.29, 0.717) is 6.42 Å². The molecule has 5 rings (SSSR count). The van der Waals surface area contributed by atoms with Gasteiger partial charge in [-0.3, -0.25) is 10.1 Å². The summed E-state index contributed by atoms with van der Waals surface area (Å²) in [5.41, 5.74) is 2.98. The van der Waals surface area contributed by atoms with Gasteiger partial charge in [-0.1, -0.05) is 60.2 Å². The lowest BCUT2D eigenvalue weighted by molar-refractivity contribution is -0.124. The van der Waals surface area contributed by atoms with Gasteiger partial charge in [-0.25, -0.2) is 4.39 Å². The van der Waals surface area contributed by atoms with Crippen LogP contribution in [0.1, 0.15) is 34.9 Å². The summed E-state index contributed by atoms with van der Waals surface area (Å²) in [6.45, 7) is 2.01. The van der Waals surface area contributed by atoms with Gasteiger partial charge in [-0.2, -0.15) is 0 Å². The Bertz CT molecular complexity index is 1070. The number of fused-ring (bicyclic) bond motifs is 2. The van der Waals surface area contributed by atoms with Gasteiger partial charge in [0.15, 0.2) is 10.7 Å². The largest absolute Gasteiger partial charge is 0.611 e. The third-order valence-corrected chi connectivity index (χ3v) is 8.37. The summed E-state index contributed by atoms with van der Waals surface area (Å²) >= 11 is -1.24. The van der Waals surface area contributed by atoms with Crippen molar-refractivity contribution in [2.24, 2.45) is 0 Å². The molecule has 6 atom stereocenters. The Morgan fingerprint density at radius 1 is 0.935 bits per heavy atom. The fraction of sp³-hybridized carbons (Fsp3) is 0.269. The number of rotatable bonds is 4. The maximum absolute atomic E-state index is 13.6. The molecule has 2 saturated heterocycles. The molecular formula is C26H24FNO2S. The Morgan fingerprint density at radius 3 is 2.29 bits per heavy atom. The number of benzene rings is 3. The number of ketones is 1. The molecule has 0 amide bonds. The van der Waals surface area contributed by atoms with Crippen molar-refractivity contribution >= 4 is 17.0 Å². The zero-order valence-electron chi connectivity index (χ0n) is 17.2. The van der Waals surface area contributed by atoms with Crippen LogP contribution in [0.2, 0.25) is 0 Å². The van der Waals surface area contributed by atoms with Crippen molar-refractivity contribution in [1.29, 1.82) is 0 Å². The van der Waals surface area contributed by atoms with Crippen molar-refractivity contribution in [3.63, 3.8) is 0 Å². The molecule has 3 aromatic carbocycles. The van der Waals surface area contributed by atoms with Gasteiger partial charge in [-0.15, -0.1) is 0 Å². The van der Waals surface area contributed by atoms with Gasteiger partial charge in [0.1, 0.15) is 11.1 Å². The Balaban J connectivity index is 1.57. The molecule has 2 heterocycles. The highest BCUT2D eigenvalue weighted by Crippen LogP contribution is 2.47. The molecule has 3 nitrogen and oxygen atoms in total. The molecule has 3 aromatic rings. The van der Waals surface area contributed by atoms with Crippen LogP contribution in [0.4, 0.5) is 4.39 Å². The fourth-order valence-electron chi connectivity index (χ4n) is 5.11. The zero-order valence-corrected chi connectivity index (χ0v) is 18.0. The lowest BCUT2D eigenvalue weighted by Gasteiger charge is -2.38. The number of piperidine rings is 1. The second-order valence-electron chi connectivity index (χ2n) is 8.50. The molecule has 2 aliphatic heterocycles. The normalized spacial score (nSPS) is 28.5. The molecule has 5 heteroatoms. The molecule has 158 valence electrons. The number of aryl methyl sites for hydroxylation is 1. The van der Waals surface area contributed by atoms with Crippen molar-refractivity contribution in [2.45, 2.75) is 47.4 Å². The average Bonchev–Trinajstić information content (AvgIpc) is 3.18. The summed E-state index contributed by atoms with van der Waals surface area (Å²) < 4.78 is 27.2. The smallest absolute Gasteiger partial charge is 0.158 e. The number of carbonyl (C=O) groups excluding carboxylic acids is 1. The van der Waals surface area contributed by atoms with Gasteiger partial charge < -0.3 is 4.55 Å². The first-order chi connectivity index (χ1) is 15.0. The molecule has 1 N–H and O–H groups in total. The average molecular weight is 434 g/mol. The second-order valence-corrected chi connectivity index (χ2v) is 10.2. The predicted molar refractivity (Wildman–Crippen MR) is 120 cm³/mol. The summed E-state index contributed by atoms with van der Waals surface area (Å²) in [5.74, 6) is -0.778. The summed E-state index contributed by atoms with van der Waals surface area (Å²) in [6.07, 6.45) is 0.547. The molecule has 31 heavy (non-hydrogen) atoms. The maximum Gasteiger partial charge on any atom is 0.158 e. The minimum atomic E-state index is -1.24. The summed E-state index contributed by atoms with van der Waals surface area (Å²) in [6, 6.07) is 23.5. The first kappa shape index (κ1) is 20.4. The van der Waals surface area contributed by atoms with E-state index < -0.39 is 11.2 Å². The van der Waals surface area contributed by atoms with E-state index in [4.69, 9.17) is 0 Å².